The fraction of sp³-hybridized carbons (Fsp3) is 0.333. The Balaban J connectivity index is 2.75. The predicted molar refractivity (Wildman–Crippen MR) is 48.2 cm³/mol. The molecule has 0 unspecified atom stereocenters. The van der Waals surface area contributed by atoms with Crippen molar-refractivity contribution in [3.05, 3.63) is 30.4 Å². The second-order valence-electron chi connectivity index (χ2n) is 3.49. The Hall–Kier alpha value is -1.42. The first kappa shape index (κ1) is 8.19. The van der Waals surface area contributed by atoms with Crippen LogP contribution in [0.15, 0.2) is 24.7 Å². The Morgan fingerprint density at radius 1 is 1.31 bits per heavy atom. The molecule has 0 aliphatic heterocycles. The molecular weight excluding hydrogens is 166 g/mol. The summed E-state index contributed by atoms with van der Waals surface area (Å²) in [5.74, 6) is 0.611. The van der Waals surface area contributed by atoms with Gasteiger partial charge in [0.15, 0.2) is 0 Å². The molecule has 0 fully saturated rings. The third-order valence-electron chi connectivity index (χ3n) is 1.93. The van der Waals surface area contributed by atoms with Gasteiger partial charge in [-0.2, -0.15) is 0 Å². The maximum absolute atomic E-state index is 9.83. The minimum Gasteiger partial charge on any atom is -0.384 e. The van der Waals surface area contributed by atoms with E-state index < -0.39 is 5.60 Å². The van der Waals surface area contributed by atoms with Crippen LogP contribution in [0.1, 0.15) is 19.5 Å². The number of aliphatic hydroxyl groups is 1. The lowest BCUT2D eigenvalue weighted by atomic mass is 10.1. The Kier molecular flexibility index (Phi) is 1.60. The molecule has 2 heterocycles. The van der Waals surface area contributed by atoms with E-state index in [4.69, 9.17) is 0 Å². The quantitative estimate of drug-likeness (QED) is 0.705. The lowest BCUT2D eigenvalue weighted by Crippen LogP contribution is -2.19. The number of rotatable bonds is 1. The Morgan fingerprint density at radius 2 is 2.00 bits per heavy atom. The van der Waals surface area contributed by atoms with Crippen molar-refractivity contribution in [2.24, 2.45) is 0 Å². The van der Waals surface area contributed by atoms with Gasteiger partial charge in [-0.1, -0.05) is 0 Å². The zero-order valence-electron chi connectivity index (χ0n) is 7.60. The van der Waals surface area contributed by atoms with Gasteiger partial charge in [0, 0.05) is 18.6 Å². The van der Waals surface area contributed by atoms with Gasteiger partial charge < -0.3 is 5.11 Å². The van der Waals surface area contributed by atoms with E-state index in [0.29, 0.717) is 5.78 Å². The minimum atomic E-state index is -0.873. The summed E-state index contributed by atoms with van der Waals surface area (Å²) in [5, 5.41) is 9.83. The zero-order chi connectivity index (χ0) is 9.47. The number of nitrogens with zero attached hydrogens (tertiary/aromatic N) is 3. The lowest BCUT2D eigenvalue weighted by Gasteiger charge is -2.18. The fourth-order valence-electron chi connectivity index (χ4n) is 1.33. The minimum absolute atomic E-state index is 0.611. The highest BCUT2D eigenvalue weighted by Gasteiger charge is 2.19. The molecule has 0 bridgehead atoms. The van der Waals surface area contributed by atoms with E-state index in [9.17, 15) is 5.11 Å². The zero-order valence-corrected chi connectivity index (χ0v) is 7.60. The Bertz CT molecular complexity index is 428. The predicted octanol–water partition coefficient (Wildman–Crippen LogP) is 0.957. The molecule has 0 saturated heterocycles. The van der Waals surface area contributed by atoms with E-state index in [0.717, 1.165) is 5.69 Å². The van der Waals surface area contributed by atoms with Gasteiger partial charge in [0.2, 0.25) is 5.78 Å². The van der Waals surface area contributed by atoms with Crippen LogP contribution in [0.5, 0.6) is 0 Å². The SMILES string of the molecule is CC(C)(O)c1ccnc2nccn12. The van der Waals surface area contributed by atoms with E-state index in [2.05, 4.69) is 9.97 Å². The van der Waals surface area contributed by atoms with Crippen molar-refractivity contribution in [2.75, 3.05) is 0 Å². The fourth-order valence-corrected chi connectivity index (χ4v) is 1.33. The molecule has 13 heavy (non-hydrogen) atoms. The lowest BCUT2D eigenvalue weighted by molar-refractivity contribution is 0.0724. The van der Waals surface area contributed by atoms with Crippen molar-refractivity contribution in [1.29, 1.82) is 0 Å². The van der Waals surface area contributed by atoms with Crippen LogP contribution in [0, 0.1) is 0 Å². The maximum Gasteiger partial charge on any atom is 0.233 e. The van der Waals surface area contributed by atoms with Crippen LogP contribution in [0.25, 0.3) is 5.78 Å². The second-order valence-corrected chi connectivity index (χ2v) is 3.49. The smallest absolute Gasteiger partial charge is 0.233 e. The Labute approximate surface area is 75.9 Å². The van der Waals surface area contributed by atoms with Gasteiger partial charge >= 0.3 is 0 Å². The van der Waals surface area contributed by atoms with Gasteiger partial charge in [-0.05, 0) is 19.9 Å². The molecule has 0 atom stereocenters. The van der Waals surface area contributed by atoms with Crippen LogP contribution in [0.2, 0.25) is 0 Å². The van der Waals surface area contributed by atoms with Crippen LogP contribution >= 0.6 is 0 Å². The van der Waals surface area contributed by atoms with Gasteiger partial charge in [-0.25, -0.2) is 9.97 Å². The molecule has 4 heteroatoms. The normalized spacial score (nSPS) is 12.2. The topological polar surface area (TPSA) is 50.4 Å². The maximum atomic E-state index is 9.83. The number of imidazole rings is 1. The summed E-state index contributed by atoms with van der Waals surface area (Å²) >= 11 is 0. The first-order chi connectivity index (χ1) is 6.09. The van der Waals surface area contributed by atoms with Crippen molar-refractivity contribution >= 4 is 5.78 Å². The highest BCUT2D eigenvalue weighted by Crippen LogP contribution is 2.18. The third-order valence-corrected chi connectivity index (χ3v) is 1.93. The van der Waals surface area contributed by atoms with Gasteiger partial charge in [-0.15, -0.1) is 0 Å². The molecule has 0 radical (unpaired) electrons. The first-order valence-corrected chi connectivity index (χ1v) is 4.10. The molecule has 4 nitrogen and oxygen atoms in total. The van der Waals surface area contributed by atoms with Crippen molar-refractivity contribution in [1.82, 2.24) is 14.4 Å². The monoisotopic (exact) mass is 177 g/mol. The van der Waals surface area contributed by atoms with Crippen molar-refractivity contribution in [3.63, 3.8) is 0 Å². The van der Waals surface area contributed by atoms with E-state index in [1.165, 1.54) is 0 Å². The van der Waals surface area contributed by atoms with Gasteiger partial charge in [0.05, 0.1) is 11.3 Å². The molecule has 68 valence electrons. The highest BCUT2D eigenvalue weighted by atomic mass is 16.3. The summed E-state index contributed by atoms with van der Waals surface area (Å²) in [6.45, 7) is 3.48. The average Bonchev–Trinajstić information content (AvgIpc) is 2.48. The van der Waals surface area contributed by atoms with Crippen molar-refractivity contribution in [3.8, 4) is 0 Å². The Morgan fingerprint density at radius 3 is 2.69 bits per heavy atom. The summed E-state index contributed by atoms with van der Waals surface area (Å²) in [5.41, 5.74) is -0.0861. The van der Waals surface area contributed by atoms with E-state index in [1.807, 2.05) is 0 Å². The molecule has 0 spiro atoms. The first-order valence-electron chi connectivity index (χ1n) is 4.10. The third kappa shape index (κ3) is 1.29. The summed E-state index contributed by atoms with van der Waals surface area (Å²) in [7, 11) is 0. The molecule has 0 saturated carbocycles. The molecule has 1 N–H and O–H groups in total. The van der Waals surface area contributed by atoms with Gasteiger partial charge in [-0.3, -0.25) is 4.40 Å². The van der Waals surface area contributed by atoms with Crippen LogP contribution in [-0.4, -0.2) is 19.5 Å². The van der Waals surface area contributed by atoms with E-state index in [1.54, 1.807) is 42.9 Å². The second kappa shape index (κ2) is 2.53. The number of fused-ring (bicyclic) bond motifs is 1. The van der Waals surface area contributed by atoms with Gasteiger partial charge in [0.1, 0.15) is 0 Å². The number of hydrogen-bond donors (Lipinski definition) is 1. The van der Waals surface area contributed by atoms with E-state index in [-0.39, 0.29) is 0 Å². The molecule has 0 amide bonds. The van der Waals surface area contributed by atoms with E-state index >= 15 is 0 Å². The number of hydrogen-bond acceptors (Lipinski definition) is 3. The molecule has 2 aromatic heterocycles. The highest BCUT2D eigenvalue weighted by molar-refractivity contribution is 5.31. The molecule has 0 aliphatic carbocycles. The van der Waals surface area contributed by atoms with Crippen molar-refractivity contribution < 1.29 is 5.11 Å². The van der Waals surface area contributed by atoms with Gasteiger partial charge in [0.25, 0.3) is 0 Å². The molecule has 2 rings (SSSR count). The summed E-state index contributed by atoms with van der Waals surface area (Å²) in [4.78, 5) is 8.09. The van der Waals surface area contributed by atoms with Crippen LogP contribution < -0.4 is 0 Å². The molecule has 2 aromatic rings. The molecular formula is C9H11N3O. The molecule has 0 aliphatic rings. The van der Waals surface area contributed by atoms with Crippen LogP contribution in [-0.2, 0) is 5.60 Å². The summed E-state index contributed by atoms with van der Waals surface area (Å²) in [6.07, 6.45) is 5.10. The number of aromatic nitrogens is 3. The molecule has 0 aromatic carbocycles. The largest absolute Gasteiger partial charge is 0.384 e. The summed E-state index contributed by atoms with van der Waals surface area (Å²) in [6, 6.07) is 1.79. The van der Waals surface area contributed by atoms with Crippen molar-refractivity contribution in [2.45, 2.75) is 19.4 Å². The summed E-state index contributed by atoms with van der Waals surface area (Å²) < 4.78 is 1.78. The van der Waals surface area contributed by atoms with Crippen LogP contribution in [0.4, 0.5) is 0 Å². The van der Waals surface area contributed by atoms with Crippen LogP contribution in [0.3, 0.4) is 0 Å². The average molecular weight is 177 g/mol. The standard InChI is InChI=1S/C9H11N3O/c1-9(2,13)7-3-4-10-8-11-5-6-12(7)8/h3-6,13H,1-2H3.